The van der Waals surface area contributed by atoms with Gasteiger partial charge >= 0.3 is 11.9 Å². The summed E-state index contributed by atoms with van der Waals surface area (Å²) in [6.07, 6.45) is -1.12. The van der Waals surface area contributed by atoms with Crippen LogP contribution in [0.25, 0.3) is 0 Å². The van der Waals surface area contributed by atoms with Crippen molar-refractivity contribution in [2.45, 2.75) is 73.0 Å². The van der Waals surface area contributed by atoms with E-state index in [1.807, 2.05) is 0 Å². The molecule has 0 bridgehead atoms. The molecule has 0 aliphatic heterocycles. The van der Waals surface area contributed by atoms with E-state index in [9.17, 15) is 29.1 Å². The predicted molar refractivity (Wildman–Crippen MR) is 110 cm³/mol. The van der Waals surface area contributed by atoms with Crippen LogP contribution in [0, 0.1) is 22.2 Å². The minimum atomic E-state index is -1.32. The van der Waals surface area contributed by atoms with E-state index in [0.717, 1.165) is 0 Å². The number of carbonyl (C=O) groups is 5. The molecule has 172 valence electrons. The molecule has 1 unspecified atom stereocenters. The van der Waals surface area contributed by atoms with E-state index < -0.39 is 63.5 Å². The molecule has 4 aliphatic rings. The fourth-order valence-corrected chi connectivity index (χ4v) is 6.58. The molecule has 2 saturated carbocycles. The van der Waals surface area contributed by atoms with E-state index in [0.29, 0.717) is 18.4 Å². The van der Waals surface area contributed by atoms with Crippen LogP contribution in [0.1, 0.15) is 60.8 Å². The zero-order valence-electron chi connectivity index (χ0n) is 19.2. The summed E-state index contributed by atoms with van der Waals surface area (Å²) in [4.78, 5) is 64.3. The zero-order chi connectivity index (χ0) is 24.0. The SMILES string of the molecule is CC(=O)O[C@H]1CC(C)(C)C2=C(O)C(=O)C3=C(C(=O)[C@H](OC(C)=O)[C@@]4(CC4C)C3=O)[C@@]2(C)C1. The number of aliphatic hydroxyl groups is 1. The smallest absolute Gasteiger partial charge is 0.303 e. The van der Waals surface area contributed by atoms with Gasteiger partial charge in [0.1, 0.15) is 6.10 Å². The quantitative estimate of drug-likeness (QED) is 0.509. The Morgan fingerprint density at radius 2 is 1.53 bits per heavy atom. The van der Waals surface area contributed by atoms with Gasteiger partial charge in [-0.1, -0.05) is 27.7 Å². The molecule has 0 heterocycles. The summed E-state index contributed by atoms with van der Waals surface area (Å²) < 4.78 is 10.9. The van der Waals surface area contributed by atoms with Crippen LogP contribution in [-0.4, -0.2) is 46.6 Å². The number of aliphatic hydroxyl groups excluding tert-OH is 1. The maximum Gasteiger partial charge on any atom is 0.303 e. The molecule has 8 heteroatoms. The molecule has 32 heavy (non-hydrogen) atoms. The number of ketones is 3. The number of fused-ring (bicyclic) bond motifs is 2. The first-order valence-corrected chi connectivity index (χ1v) is 10.9. The molecular formula is C24H28O8. The zero-order valence-corrected chi connectivity index (χ0v) is 19.2. The van der Waals surface area contributed by atoms with E-state index in [1.165, 1.54) is 13.8 Å². The molecular weight excluding hydrogens is 416 g/mol. The highest BCUT2D eigenvalue weighted by Gasteiger charge is 2.72. The van der Waals surface area contributed by atoms with E-state index in [4.69, 9.17) is 9.47 Å². The highest BCUT2D eigenvalue weighted by atomic mass is 16.6. The van der Waals surface area contributed by atoms with E-state index in [1.54, 1.807) is 27.7 Å². The van der Waals surface area contributed by atoms with Gasteiger partial charge < -0.3 is 14.6 Å². The van der Waals surface area contributed by atoms with Crippen molar-refractivity contribution in [1.29, 1.82) is 0 Å². The van der Waals surface area contributed by atoms with Crippen molar-refractivity contribution in [2.75, 3.05) is 0 Å². The van der Waals surface area contributed by atoms with Gasteiger partial charge in [-0.2, -0.15) is 0 Å². The third kappa shape index (κ3) is 2.77. The first kappa shape index (κ1) is 22.4. The predicted octanol–water partition coefficient (Wildman–Crippen LogP) is 2.55. The van der Waals surface area contributed by atoms with Gasteiger partial charge in [0.15, 0.2) is 17.6 Å². The first-order valence-electron chi connectivity index (χ1n) is 10.9. The van der Waals surface area contributed by atoms with Crippen LogP contribution >= 0.6 is 0 Å². The van der Waals surface area contributed by atoms with Crippen molar-refractivity contribution in [3.8, 4) is 0 Å². The second kappa shape index (κ2) is 6.62. The highest BCUT2D eigenvalue weighted by Crippen LogP contribution is 2.65. The third-order valence-electron chi connectivity index (χ3n) is 7.67. The van der Waals surface area contributed by atoms with Crippen LogP contribution in [0.3, 0.4) is 0 Å². The Hall–Kier alpha value is -2.77. The molecule has 0 aromatic rings. The molecule has 5 atom stereocenters. The van der Waals surface area contributed by atoms with Crippen molar-refractivity contribution < 1.29 is 38.6 Å². The summed E-state index contributed by atoms with van der Waals surface area (Å²) in [5.41, 5.74) is -3.31. The number of Topliss-reactive ketones (excluding diaryl/α,β-unsaturated/α-hetero) is 3. The van der Waals surface area contributed by atoms with Crippen LogP contribution < -0.4 is 0 Å². The van der Waals surface area contributed by atoms with E-state index in [-0.39, 0.29) is 23.5 Å². The molecule has 0 radical (unpaired) electrons. The summed E-state index contributed by atoms with van der Waals surface area (Å²) in [5, 5.41) is 11.0. The van der Waals surface area contributed by atoms with Gasteiger partial charge in [-0.05, 0) is 36.2 Å². The van der Waals surface area contributed by atoms with Crippen molar-refractivity contribution in [3.63, 3.8) is 0 Å². The molecule has 0 saturated heterocycles. The monoisotopic (exact) mass is 444 g/mol. The van der Waals surface area contributed by atoms with Crippen LogP contribution in [0.4, 0.5) is 0 Å². The maximum absolute atomic E-state index is 13.8. The summed E-state index contributed by atoms with van der Waals surface area (Å²) in [6, 6.07) is 0. The molecule has 8 nitrogen and oxygen atoms in total. The lowest BCUT2D eigenvalue weighted by molar-refractivity contribution is -0.161. The fourth-order valence-electron chi connectivity index (χ4n) is 6.58. The highest BCUT2D eigenvalue weighted by molar-refractivity contribution is 6.35. The normalized spacial score (nSPS) is 37.8. The number of ether oxygens (including phenoxy) is 2. The average Bonchev–Trinajstić information content (AvgIpc) is 3.29. The summed E-state index contributed by atoms with van der Waals surface area (Å²) in [6.45, 7) is 9.51. The van der Waals surface area contributed by atoms with Gasteiger partial charge in [0.25, 0.3) is 0 Å². The van der Waals surface area contributed by atoms with Gasteiger partial charge in [-0.25, -0.2) is 0 Å². The molecule has 0 aromatic heterocycles. The molecule has 0 aromatic carbocycles. The summed E-state index contributed by atoms with van der Waals surface area (Å²) in [5.74, 6) is -3.94. The first-order chi connectivity index (χ1) is 14.7. The van der Waals surface area contributed by atoms with Gasteiger partial charge in [0, 0.05) is 24.8 Å². The molecule has 4 aliphatic carbocycles. The Morgan fingerprint density at radius 3 is 2.03 bits per heavy atom. The Morgan fingerprint density at radius 1 is 0.969 bits per heavy atom. The Labute approximate surface area is 186 Å². The second-order valence-electron chi connectivity index (χ2n) is 10.5. The minimum Gasteiger partial charge on any atom is -0.504 e. The summed E-state index contributed by atoms with van der Waals surface area (Å²) >= 11 is 0. The molecule has 4 rings (SSSR count). The van der Waals surface area contributed by atoms with E-state index in [2.05, 4.69) is 0 Å². The number of esters is 2. The van der Waals surface area contributed by atoms with E-state index >= 15 is 0 Å². The van der Waals surface area contributed by atoms with Crippen LogP contribution in [0.5, 0.6) is 0 Å². The standard InChI is InChI=1S/C24H28O8/c1-10-7-24(10)20(30)14-15(17(28)21(24)32-12(3)26)23(6)9-13(31-11(2)25)8-22(4,5)19(23)18(29)16(14)27/h10,13,21,29H,7-9H2,1-6H3/t10?,13-,21-,23+,24+/m0/s1. The largest absolute Gasteiger partial charge is 0.504 e. The lowest BCUT2D eigenvalue weighted by atomic mass is 9.51. The van der Waals surface area contributed by atoms with Gasteiger partial charge in [-0.3, -0.25) is 24.0 Å². The fraction of sp³-hybridized carbons (Fsp3) is 0.625. The third-order valence-corrected chi connectivity index (χ3v) is 7.67. The van der Waals surface area contributed by atoms with Gasteiger partial charge in [0.05, 0.1) is 11.0 Å². The lowest BCUT2D eigenvalue weighted by Gasteiger charge is -2.52. The lowest BCUT2D eigenvalue weighted by Crippen LogP contribution is -2.56. The second-order valence-corrected chi connectivity index (χ2v) is 10.5. The van der Waals surface area contributed by atoms with Gasteiger partial charge in [-0.15, -0.1) is 0 Å². The van der Waals surface area contributed by atoms with Crippen molar-refractivity contribution in [1.82, 2.24) is 0 Å². The van der Waals surface area contributed by atoms with Crippen LogP contribution in [-0.2, 0) is 33.4 Å². The maximum atomic E-state index is 13.8. The van der Waals surface area contributed by atoms with Crippen molar-refractivity contribution >= 4 is 29.3 Å². The minimum absolute atomic E-state index is 0.0406. The molecule has 0 amide bonds. The summed E-state index contributed by atoms with van der Waals surface area (Å²) in [7, 11) is 0. The van der Waals surface area contributed by atoms with Crippen molar-refractivity contribution in [2.24, 2.45) is 22.2 Å². The topological polar surface area (TPSA) is 124 Å². The Bertz CT molecular complexity index is 1060. The molecule has 1 spiro atoms. The number of rotatable bonds is 2. The van der Waals surface area contributed by atoms with Crippen LogP contribution in [0.2, 0.25) is 0 Å². The number of carbonyl (C=O) groups excluding carboxylic acids is 5. The molecule has 2 fully saturated rings. The van der Waals surface area contributed by atoms with Crippen molar-refractivity contribution in [3.05, 3.63) is 22.5 Å². The average molecular weight is 444 g/mol. The van der Waals surface area contributed by atoms with Crippen LogP contribution in [0.15, 0.2) is 22.5 Å². The number of allylic oxidation sites excluding steroid dienone is 2. The Balaban J connectivity index is 1.95. The number of hydrogen-bond donors (Lipinski definition) is 1. The van der Waals surface area contributed by atoms with Gasteiger partial charge in [0.2, 0.25) is 11.6 Å². The Kier molecular flexibility index (Phi) is 4.64. The number of hydrogen-bond acceptors (Lipinski definition) is 8. The molecule has 1 N–H and O–H groups in total.